The van der Waals surface area contributed by atoms with Crippen LogP contribution in [0, 0.1) is 45.3 Å². The molecule has 4 saturated carbocycles. The average molecular weight is 621 g/mol. The molecule has 0 aromatic heterocycles. The lowest BCUT2D eigenvalue weighted by atomic mass is 9.35. The van der Waals surface area contributed by atoms with Crippen LogP contribution in [-0.4, -0.2) is 74.0 Å². The van der Waals surface area contributed by atoms with E-state index in [0.29, 0.717) is 24.7 Å². The number of ether oxygens (including phenoxy) is 2. The number of hydrogen-bond donors (Lipinski definition) is 5. The Balaban J connectivity index is 1.49. The summed E-state index contributed by atoms with van der Waals surface area (Å²) in [5, 5.41) is 55.5. The quantitative estimate of drug-likeness (QED) is 0.230. The zero-order chi connectivity index (χ0) is 32.6. The number of aliphatic hydroxyl groups is 5. The van der Waals surface area contributed by atoms with Crippen LogP contribution < -0.4 is 0 Å². The topological polar surface area (TPSA) is 120 Å². The molecule has 5 rings (SSSR count). The van der Waals surface area contributed by atoms with Crippen LogP contribution in [0.5, 0.6) is 0 Å². The van der Waals surface area contributed by atoms with E-state index in [-0.39, 0.29) is 39.6 Å². The molecule has 5 aliphatic rings. The van der Waals surface area contributed by atoms with E-state index in [1.807, 2.05) is 6.92 Å². The molecule has 4 aliphatic carbocycles. The molecule has 0 aromatic carbocycles. The molecule has 7 nitrogen and oxygen atoms in total. The minimum atomic E-state index is -1.36. The van der Waals surface area contributed by atoms with Gasteiger partial charge in [0.1, 0.15) is 18.3 Å². The molecule has 0 bridgehead atoms. The SMILES string of the molecule is CC[C@H]1O[C@@H](OC(C)(CCC=C(C)C)[C@H]2CC[C@]3(C)[C@@H]2[C@H](O)C[C@@H]2[C@@]4(C)CC[C@H](O)C(C)(C)[C@@H]4CC[C@]23C)[C@H](O)[C@@H](O)[C@@H]1O. The van der Waals surface area contributed by atoms with Crippen molar-refractivity contribution in [1.82, 2.24) is 0 Å². The van der Waals surface area contributed by atoms with Gasteiger partial charge in [-0.25, -0.2) is 0 Å². The van der Waals surface area contributed by atoms with E-state index < -0.39 is 42.4 Å². The Kier molecular flexibility index (Phi) is 9.37. The summed E-state index contributed by atoms with van der Waals surface area (Å²) >= 11 is 0. The Hall–Kier alpha value is -0.540. The van der Waals surface area contributed by atoms with Gasteiger partial charge in [-0.1, -0.05) is 53.2 Å². The molecule has 1 unspecified atom stereocenters. The van der Waals surface area contributed by atoms with Gasteiger partial charge in [-0.15, -0.1) is 0 Å². The summed E-state index contributed by atoms with van der Waals surface area (Å²) in [5.74, 6) is 0.873. The van der Waals surface area contributed by atoms with Crippen molar-refractivity contribution >= 4 is 0 Å². The van der Waals surface area contributed by atoms with Crippen LogP contribution in [0.2, 0.25) is 0 Å². The number of aliphatic hydroxyl groups excluding tert-OH is 5. The summed E-state index contributed by atoms with van der Waals surface area (Å²) in [6.07, 6.45) is 4.64. The van der Waals surface area contributed by atoms with E-state index in [4.69, 9.17) is 9.47 Å². The fourth-order valence-electron chi connectivity index (χ4n) is 12.0. The van der Waals surface area contributed by atoms with Gasteiger partial charge in [0.05, 0.1) is 23.9 Å². The molecular formula is C37H64O7. The molecular weight excluding hydrogens is 556 g/mol. The van der Waals surface area contributed by atoms with Crippen LogP contribution in [0.25, 0.3) is 0 Å². The molecule has 1 heterocycles. The van der Waals surface area contributed by atoms with Gasteiger partial charge >= 0.3 is 0 Å². The maximum atomic E-state index is 12.3. The highest BCUT2D eigenvalue weighted by atomic mass is 16.7. The molecule has 0 amide bonds. The molecule has 5 fully saturated rings. The molecule has 1 saturated heterocycles. The fraction of sp³-hybridized carbons (Fsp3) is 0.946. The molecule has 1 aliphatic heterocycles. The van der Waals surface area contributed by atoms with Crippen molar-refractivity contribution < 1.29 is 35.0 Å². The molecule has 0 radical (unpaired) electrons. The van der Waals surface area contributed by atoms with Gasteiger partial charge in [-0.3, -0.25) is 0 Å². The Morgan fingerprint density at radius 2 is 1.52 bits per heavy atom. The van der Waals surface area contributed by atoms with Gasteiger partial charge in [-0.05, 0) is 130 Å². The summed E-state index contributed by atoms with van der Waals surface area (Å²) in [6, 6.07) is 0. The molecule has 15 atom stereocenters. The maximum Gasteiger partial charge on any atom is 0.187 e. The average Bonchev–Trinajstić information content (AvgIpc) is 3.33. The van der Waals surface area contributed by atoms with Crippen molar-refractivity contribution in [3.63, 3.8) is 0 Å². The predicted molar refractivity (Wildman–Crippen MR) is 172 cm³/mol. The van der Waals surface area contributed by atoms with E-state index >= 15 is 0 Å². The van der Waals surface area contributed by atoms with Crippen molar-refractivity contribution in [3.8, 4) is 0 Å². The van der Waals surface area contributed by atoms with Crippen LogP contribution in [0.4, 0.5) is 0 Å². The largest absolute Gasteiger partial charge is 0.393 e. The third kappa shape index (κ3) is 5.18. The van der Waals surface area contributed by atoms with E-state index in [1.165, 1.54) is 5.57 Å². The van der Waals surface area contributed by atoms with E-state index in [0.717, 1.165) is 51.4 Å². The third-order valence-corrected chi connectivity index (χ3v) is 14.8. The molecule has 44 heavy (non-hydrogen) atoms. The van der Waals surface area contributed by atoms with Gasteiger partial charge in [0.2, 0.25) is 0 Å². The van der Waals surface area contributed by atoms with Gasteiger partial charge in [0.15, 0.2) is 6.29 Å². The Morgan fingerprint density at radius 3 is 2.16 bits per heavy atom. The molecule has 5 N–H and O–H groups in total. The van der Waals surface area contributed by atoms with Crippen LogP contribution in [-0.2, 0) is 9.47 Å². The van der Waals surface area contributed by atoms with Crippen LogP contribution in [0.3, 0.4) is 0 Å². The second-order valence-corrected chi connectivity index (χ2v) is 17.5. The standard InChI is InChI=1S/C37H64O7/c1-10-24-29(40)30(41)31(42)32(43-24)44-37(9,16-11-12-21(2)3)22-13-18-36(8)28(22)23(38)20-26-34(6)17-15-27(39)33(4,5)25(34)14-19-35(26,36)7/h12,22-32,38-42H,10-11,13-20H2,1-9H3/t22-,23+,24+,25-,26+,27-,28-,29+,30-,31+,32-,34-,35+,36+,37?/m0/s1. The number of allylic oxidation sites excluding steroid dienone is 2. The van der Waals surface area contributed by atoms with Crippen molar-refractivity contribution in [2.75, 3.05) is 0 Å². The van der Waals surface area contributed by atoms with Gasteiger partial charge in [-0.2, -0.15) is 0 Å². The first-order valence-corrected chi connectivity index (χ1v) is 17.7. The van der Waals surface area contributed by atoms with Crippen LogP contribution in [0.1, 0.15) is 127 Å². The first-order chi connectivity index (χ1) is 20.4. The summed E-state index contributed by atoms with van der Waals surface area (Å²) in [6.45, 7) is 20.1. The zero-order valence-corrected chi connectivity index (χ0v) is 29.1. The maximum absolute atomic E-state index is 12.3. The molecule has 254 valence electrons. The van der Waals surface area contributed by atoms with Crippen molar-refractivity contribution in [2.24, 2.45) is 45.3 Å². The fourth-order valence-corrected chi connectivity index (χ4v) is 12.0. The highest BCUT2D eigenvalue weighted by Crippen LogP contribution is 2.76. The van der Waals surface area contributed by atoms with Crippen molar-refractivity contribution in [2.45, 2.75) is 175 Å². The lowest BCUT2D eigenvalue weighted by molar-refractivity contribution is -0.333. The molecule has 0 spiro atoms. The highest BCUT2D eigenvalue weighted by Gasteiger charge is 2.71. The lowest BCUT2D eigenvalue weighted by Crippen LogP contribution is -2.67. The lowest BCUT2D eigenvalue weighted by Gasteiger charge is -2.70. The highest BCUT2D eigenvalue weighted by molar-refractivity contribution is 5.20. The first kappa shape index (κ1) is 34.8. The summed E-state index contributed by atoms with van der Waals surface area (Å²) in [5.41, 5.74) is 0.400. The molecule has 7 heteroatoms. The summed E-state index contributed by atoms with van der Waals surface area (Å²) < 4.78 is 13.0. The number of fused-ring (bicyclic) bond motifs is 5. The molecule has 0 aromatic rings. The minimum Gasteiger partial charge on any atom is -0.393 e. The first-order valence-electron chi connectivity index (χ1n) is 17.7. The van der Waals surface area contributed by atoms with E-state index in [9.17, 15) is 25.5 Å². The van der Waals surface area contributed by atoms with Gasteiger partial charge in [0, 0.05) is 0 Å². The normalized spacial score (nSPS) is 51.5. The van der Waals surface area contributed by atoms with E-state index in [1.54, 1.807) is 0 Å². The second kappa shape index (κ2) is 11.9. The van der Waals surface area contributed by atoms with Crippen LogP contribution in [0.15, 0.2) is 11.6 Å². The Morgan fingerprint density at radius 1 is 0.864 bits per heavy atom. The second-order valence-electron chi connectivity index (χ2n) is 17.5. The number of hydrogen-bond acceptors (Lipinski definition) is 7. The predicted octanol–water partition coefficient (Wildman–Crippen LogP) is 5.74. The Labute approximate surface area is 266 Å². The van der Waals surface area contributed by atoms with Gasteiger partial charge < -0.3 is 35.0 Å². The van der Waals surface area contributed by atoms with Crippen LogP contribution >= 0.6 is 0 Å². The van der Waals surface area contributed by atoms with Crippen molar-refractivity contribution in [1.29, 1.82) is 0 Å². The summed E-state index contributed by atoms with van der Waals surface area (Å²) in [7, 11) is 0. The monoisotopic (exact) mass is 620 g/mol. The Bertz CT molecular complexity index is 1070. The van der Waals surface area contributed by atoms with Crippen molar-refractivity contribution in [3.05, 3.63) is 11.6 Å². The third-order valence-electron chi connectivity index (χ3n) is 14.8. The zero-order valence-electron chi connectivity index (χ0n) is 29.1. The van der Waals surface area contributed by atoms with E-state index in [2.05, 4.69) is 61.5 Å². The number of rotatable bonds is 7. The minimum absolute atomic E-state index is 0.0287. The summed E-state index contributed by atoms with van der Waals surface area (Å²) in [4.78, 5) is 0. The van der Waals surface area contributed by atoms with Gasteiger partial charge in [0.25, 0.3) is 0 Å². The smallest absolute Gasteiger partial charge is 0.187 e.